The smallest absolute Gasteiger partial charge is 0.337 e. The van der Waals surface area contributed by atoms with Crippen molar-refractivity contribution in [3.05, 3.63) is 46.0 Å². The molecule has 5 rings (SSSR count). The van der Waals surface area contributed by atoms with Gasteiger partial charge in [-0.15, -0.1) is 0 Å². The van der Waals surface area contributed by atoms with Crippen LogP contribution in [0.5, 0.6) is 5.75 Å². The standard InChI is InChI=1S/C31H39FN4O5/c1-17-20-12-9-13-40-27(20)22(32)14-21(17)26-25(28(30(38)39)41-31(3,4)5)18(2)34-24-15-23(35-36(24)26)29(37)33-16-19-10-7-6-8-11-19/h14-15,19,28H,6-13,16H2,1-5H3,(H,33,37)(H,38,39)/t28-/m0/s1. The fourth-order valence-electron chi connectivity index (χ4n) is 6.03. The Bertz CT molecular complexity index is 1490. The molecule has 0 unspecified atom stereocenters. The Kier molecular flexibility index (Phi) is 8.05. The van der Waals surface area contributed by atoms with Crippen LogP contribution in [0.3, 0.4) is 0 Å². The SMILES string of the molecule is Cc1nc2cc(C(=O)NCC3CCCCC3)nn2c(-c2cc(F)c3c(c2C)CCCO3)c1[C@H](OC(C)(C)C)C(=O)O. The molecule has 1 aromatic carbocycles. The number of fused-ring (bicyclic) bond motifs is 2. The number of aliphatic carboxylic acids is 1. The predicted molar refractivity (Wildman–Crippen MR) is 152 cm³/mol. The number of ether oxygens (including phenoxy) is 2. The number of carboxylic acid groups (broad SMARTS) is 1. The zero-order valence-corrected chi connectivity index (χ0v) is 24.5. The summed E-state index contributed by atoms with van der Waals surface area (Å²) in [6.07, 6.45) is 5.73. The molecule has 1 aliphatic heterocycles. The minimum Gasteiger partial charge on any atom is -0.490 e. The van der Waals surface area contributed by atoms with Crippen LogP contribution in [0, 0.1) is 25.6 Å². The first kappa shape index (κ1) is 29.0. The van der Waals surface area contributed by atoms with Crippen molar-refractivity contribution in [3.63, 3.8) is 0 Å². The Morgan fingerprint density at radius 3 is 2.61 bits per heavy atom. The Morgan fingerprint density at radius 1 is 1.20 bits per heavy atom. The van der Waals surface area contributed by atoms with Crippen LogP contribution in [0.4, 0.5) is 4.39 Å². The summed E-state index contributed by atoms with van der Waals surface area (Å²) >= 11 is 0. The highest BCUT2D eigenvalue weighted by atomic mass is 19.1. The van der Waals surface area contributed by atoms with Crippen LogP contribution >= 0.6 is 0 Å². The van der Waals surface area contributed by atoms with Crippen molar-refractivity contribution in [1.82, 2.24) is 19.9 Å². The minimum atomic E-state index is -1.41. The second kappa shape index (κ2) is 11.4. The summed E-state index contributed by atoms with van der Waals surface area (Å²) < 4.78 is 28.6. The van der Waals surface area contributed by atoms with Crippen LogP contribution in [-0.2, 0) is 16.0 Å². The molecule has 220 valence electrons. The third-order valence-electron chi connectivity index (χ3n) is 7.99. The molecule has 3 aromatic rings. The number of nitrogens with one attached hydrogen (secondary N) is 1. The number of hydrogen-bond donors (Lipinski definition) is 2. The zero-order valence-electron chi connectivity index (χ0n) is 24.5. The highest BCUT2D eigenvalue weighted by molar-refractivity contribution is 5.93. The molecular formula is C31H39FN4O5. The maximum atomic E-state index is 15.5. The maximum Gasteiger partial charge on any atom is 0.337 e. The van der Waals surface area contributed by atoms with Crippen molar-refractivity contribution in [2.75, 3.05) is 13.2 Å². The van der Waals surface area contributed by atoms with E-state index in [2.05, 4.69) is 15.4 Å². The van der Waals surface area contributed by atoms with Gasteiger partial charge in [0.2, 0.25) is 0 Å². The number of carbonyl (C=O) groups is 2. The quantitative estimate of drug-likeness (QED) is 0.375. The number of carbonyl (C=O) groups excluding carboxylic acids is 1. The van der Waals surface area contributed by atoms with Gasteiger partial charge in [0, 0.05) is 35.0 Å². The lowest BCUT2D eigenvalue weighted by Crippen LogP contribution is -2.30. The summed E-state index contributed by atoms with van der Waals surface area (Å²) in [4.78, 5) is 30.5. The monoisotopic (exact) mass is 566 g/mol. The van der Waals surface area contributed by atoms with Gasteiger partial charge in [-0.3, -0.25) is 4.79 Å². The molecule has 2 aliphatic rings. The van der Waals surface area contributed by atoms with Gasteiger partial charge in [-0.25, -0.2) is 18.7 Å². The first-order chi connectivity index (χ1) is 19.4. The first-order valence-electron chi connectivity index (χ1n) is 14.5. The fraction of sp³-hybridized carbons (Fsp3) is 0.548. The largest absolute Gasteiger partial charge is 0.490 e. The molecule has 1 amide bonds. The number of amides is 1. The van der Waals surface area contributed by atoms with Gasteiger partial charge in [0.1, 0.15) is 0 Å². The van der Waals surface area contributed by atoms with Crippen molar-refractivity contribution in [3.8, 4) is 17.0 Å². The van der Waals surface area contributed by atoms with Crippen LogP contribution in [0.15, 0.2) is 12.1 Å². The predicted octanol–water partition coefficient (Wildman–Crippen LogP) is 5.73. The number of rotatable bonds is 7. The van der Waals surface area contributed by atoms with Gasteiger partial charge in [-0.2, -0.15) is 5.10 Å². The number of carboxylic acids is 1. The molecule has 1 aliphatic carbocycles. The number of aromatic nitrogens is 3. The molecule has 2 N–H and O–H groups in total. The van der Waals surface area contributed by atoms with Gasteiger partial charge >= 0.3 is 5.97 Å². The van der Waals surface area contributed by atoms with Gasteiger partial charge in [0.05, 0.1) is 17.9 Å². The van der Waals surface area contributed by atoms with Crippen molar-refractivity contribution in [1.29, 1.82) is 0 Å². The van der Waals surface area contributed by atoms with E-state index in [1.807, 2.05) is 6.92 Å². The molecule has 1 fully saturated rings. The number of aryl methyl sites for hydroxylation is 1. The van der Waals surface area contributed by atoms with E-state index in [9.17, 15) is 14.7 Å². The van der Waals surface area contributed by atoms with E-state index < -0.39 is 23.5 Å². The lowest BCUT2D eigenvalue weighted by atomic mass is 9.89. The normalized spacial score (nSPS) is 16.7. The lowest BCUT2D eigenvalue weighted by molar-refractivity contribution is -0.160. The Hall–Kier alpha value is -3.53. The van der Waals surface area contributed by atoms with Crippen LogP contribution in [0.1, 0.15) is 98.3 Å². The summed E-state index contributed by atoms with van der Waals surface area (Å²) in [7, 11) is 0. The van der Waals surface area contributed by atoms with Gasteiger partial charge in [-0.05, 0) is 77.8 Å². The van der Waals surface area contributed by atoms with E-state index in [0.29, 0.717) is 48.1 Å². The fourth-order valence-corrected chi connectivity index (χ4v) is 6.03. The van der Waals surface area contributed by atoms with Crippen LogP contribution in [0.2, 0.25) is 0 Å². The molecule has 41 heavy (non-hydrogen) atoms. The average molecular weight is 567 g/mol. The van der Waals surface area contributed by atoms with Crippen molar-refractivity contribution < 1.29 is 28.6 Å². The Balaban J connectivity index is 1.69. The summed E-state index contributed by atoms with van der Waals surface area (Å²) in [5, 5.41) is 17.9. The third-order valence-corrected chi connectivity index (χ3v) is 7.99. The van der Waals surface area contributed by atoms with E-state index in [-0.39, 0.29) is 22.9 Å². The third kappa shape index (κ3) is 5.93. The Morgan fingerprint density at radius 2 is 1.93 bits per heavy atom. The van der Waals surface area contributed by atoms with Crippen molar-refractivity contribution in [2.45, 2.75) is 91.3 Å². The highest BCUT2D eigenvalue weighted by Gasteiger charge is 2.35. The van der Waals surface area contributed by atoms with Crippen molar-refractivity contribution >= 4 is 17.5 Å². The Labute approximate surface area is 239 Å². The van der Waals surface area contributed by atoms with Crippen LogP contribution in [0.25, 0.3) is 16.9 Å². The van der Waals surface area contributed by atoms with Crippen molar-refractivity contribution in [2.24, 2.45) is 5.92 Å². The number of nitrogens with zero attached hydrogens (tertiary/aromatic N) is 3. The first-order valence-corrected chi connectivity index (χ1v) is 14.5. The zero-order chi connectivity index (χ0) is 29.5. The van der Waals surface area contributed by atoms with Gasteiger partial charge < -0.3 is 19.9 Å². The highest BCUT2D eigenvalue weighted by Crippen LogP contribution is 2.41. The van der Waals surface area contributed by atoms with E-state index in [0.717, 1.165) is 30.4 Å². The van der Waals surface area contributed by atoms with Crippen LogP contribution in [-0.4, -0.2) is 50.3 Å². The van der Waals surface area contributed by atoms with E-state index in [4.69, 9.17) is 9.47 Å². The molecule has 3 heterocycles. The number of hydrogen-bond acceptors (Lipinski definition) is 6. The molecule has 0 radical (unpaired) electrons. The summed E-state index contributed by atoms with van der Waals surface area (Å²) in [6, 6.07) is 2.95. The molecule has 0 bridgehead atoms. The summed E-state index contributed by atoms with van der Waals surface area (Å²) in [5.74, 6) is -1.39. The number of benzene rings is 1. The van der Waals surface area contributed by atoms with Gasteiger partial charge in [0.15, 0.2) is 29.0 Å². The molecule has 2 aromatic heterocycles. The molecular weight excluding hydrogens is 527 g/mol. The van der Waals surface area contributed by atoms with Gasteiger partial charge in [0.25, 0.3) is 5.91 Å². The van der Waals surface area contributed by atoms with Gasteiger partial charge in [-0.1, -0.05) is 19.3 Å². The van der Waals surface area contributed by atoms with E-state index in [1.54, 1.807) is 33.8 Å². The molecule has 10 heteroatoms. The second-order valence-corrected chi connectivity index (χ2v) is 12.2. The molecule has 1 atom stereocenters. The topological polar surface area (TPSA) is 115 Å². The second-order valence-electron chi connectivity index (χ2n) is 12.2. The number of halogens is 1. The molecule has 0 spiro atoms. The molecule has 1 saturated carbocycles. The molecule has 0 saturated heterocycles. The van der Waals surface area contributed by atoms with Crippen LogP contribution < -0.4 is 10.1 Å². The maximum absolute atomic E-state index is 15.5. The minimum absolute atomic E-state index is 0.161. The van der Waals surface area contributed by atoms with E-state index >= 15 is 4.39 Å². The average Bonchev–Trinajstić information content (AvgIpc) is 3.35. The molecule has 9 nitrogen and oxygen atoms in total. The lowest BCUT2D eigenvalue weighted by Gasteiger charge is -2.28. The summed E-state index contributed by atoms with van der Waals surface area (Å²) in [5.41, 5.74) is 2.66. The summed E-state index contributed by atoms with van der Waals surface area (Å²) in [6.45, 7) is 9.90. The van der Waals surface area contributed by atoms with E-state index in [1.165, 1.54) is 29.8 Å².